The lowest BCUT2D eigenvalue weighted by Gasteiger charge is -2.06. The molecule has 1 aromatic rings. The first-order valence-corrected chi connectivity index (χ1v) is 16.9. The molecule has 0 aliphatic heterocycles. The van der Waals surface area contributed by atoms with Crippen LogP contribution in [0.3, 0.4) is 0 Å². The highest BCUT2D eigenvalue weighted by atomic mass is 15.1. The number of hydrogen-bond donors (Lipinski definition) is 0. The lowest BCUT2D eigenvalue weighted by atomic mass is 10.0. The number of unbranched alkanes of at least 4 members (excludes halogenated alkanes) is 23. The van der Waals surface area contributed by atoms with E-state index in [4.69, 9.17) is 0 Å². The topological polar surface area (TPSA) is 8.81 Å². The van der Waals surface area contributed by atoms with E-state index >= 15 is 0 Å². The Kier molecular flexibility index (Phi) is 23.9. The van der Waals surface area contributed by atoms with Gasteiger partial charge in [-0.05, 0) is 26.2 Å². The SMILES string of the molecule is CCCCCCCCCCCCCCCCCn1cc[n+](CC)c1CCCCCCCCCCCC. The highest BCUT2D eigenvalue weighted by Gasteiger charge is 2.15. The van der Waals surface area contributed by atoms with Crippen molar-refractivity contribution in [2.75, 3.05) is 0 Å². The van der Waals surface area contributed by atoms with E-state index in [-0.39, 0.29) is 0 Å². The summed E-state index contributed by atoms with van der Waals surface area (Å²) in [5, 5.41) is 0. The van der Waals surface area contributed by atoms with E-state index in [1.54, 1.807) is 5.82 Å². The van der Waals surface area contributed by atoms with E-state index < -0.39 is 0 Å². The molecule has 36 heavy (non-hydrogen) atoms. The normalized spacial score (nSPS) is 11.5. The van der Waals surface area contributed by atoms with Crippen molar-refractivity contribution in [1.82, 2.24) is 4.57 Å². The summed E-state index contributed by atoms with van der Waals surface area (Å²) in [6.07, 6.45) is 41.8. The van der Waals surface area contributed by atoms with Crippen molar-refractivity contribution in [3.63, 3.8) is 0 Å². The maximum Gasteiger partial charge on any atom is 0.256 e. The van der Waals surface area contributed by atoms with E-state index in [9.17, 15) is 0 Å². The van der Waals surface area contributed by atoms with Crippen LogP contribution in [0.15, 0.2) is 12.4 Å². The summed E-state index contributed by atoms with van der Waals surface area (Å²) in [6.45, 7) is 9.23. The standard InChI is InChI=1S/C34H67N2/c1-4-7-9-11-13-15-17-18-19-20-21-23-25-27-29-31-36-33-32-35(6-3)34(36)30-28-26-24-22-16-14-12-10-8-5-2/h32-33H,4-31H2,1-3H3/q+1. The lowest BCUT2D eigenvalue weighted by Crippen LogP contribution is -2.36. The number of aryl methyl sites for hydroxylation is 2. The van der Waals surface area contributed by atoms with Crippen LogP contribution in [0, 0.1) is 0 Å². The maximum atomic E-state index is 2.57. The second kappa shape index (κ2) is 25.8. The molecule has 2 nitrogen and oxygen atoms in total. The molecule has 2 heteroatoms. The Morgan fingerprint density at radius 1 is 0.472 bits per heavy atom. The molecule has 0 N–H and O–H groups in total. The molecule has 1 aromatic heterocycles. The Bertz CT molecular complexity index is 562. The molecule has 0 radical (unpaired) electrons. The van der Waals surface area contributed by atoms with Crippen molar-refractivity contribution in [2.24, 2.45) is 0 Å². The van der Waals surface area contributed by atoms with Crippen molar-refractivity contribution < 1.29 is 4.57 Å². The Morgan fingerprint density at radius 3 is 1.22 bits per heavy atom. The molecule has 1 rings (SSSR count). The lowest BCUT2D eigenvalue weighted by molar-refractivity contribution is -0.700. The minimum absolute atomic E-state index is 1.11. The summed E-state index contributed by atoms with van der Waals surface area (Å²) < 4.78 is 5.05. The van der Waals surface area contributed by atoms with E-state index in [1.165, 1.54) is 173 Å². The van der Waals surface area contributed by atoms with Gasteiger partial charge in [0.1, 0.15) is 12.4 Å². The number of imidazole rings is 1. The number of aromatic nitrogens is 2. The summed E-state index contributed by atoms with van der Waals surface area (Å²) in [7, 11) is 0. The summed E-state index contributed by atoms with van der Waals surface area (Å²) in [4.78, 5) is 0. The molecule has 0 spiro atoms. The highest BCUT2D eigenvalue weighted by Crippen LogP contribution is 2.15. The summed E-state index contributed by atoms with van der Waals surface area (Å²) in [6, 6.07) is 0. The molecule has 212 valence electrons. The van der Waals surface area contributed by atoms with Gasteiger partial charge in [-0.15, -0.1) is 0 Å². The molecule has 0 bridgehead atoms. The van der Waals surface area contributed by atoms with Crippen LogP contribution in [-0.4, -0.2) is 4.57 Å². The fourth-order valence-electron chi connectivity index (χ4n) is 5.70. The van der Waals surface area contributed by atoms with Gasteiger partial charge in [-0.25, -0.2) is 9.13 Å². The molecule has 0 unspecified atom stereocenters. The van der Waals surface area contributed by atoms with Gasteiger partial charge in [-0.1, -0.05) is 155 Å². The Hall–Kier alpha value is -0.790. The van der Waals surface area contributed by atoms with Gasteiger partial charge in [0, 0.05) is 6.42 Å². The Balaban J connectivity index is 2.00. The van der Waals surface area contributed by atoms with Gasteiger partial charge in [0.2, 0.25) is 0 Å². The van der Waals surface area contributed by atoms with Gasteiger partial charge >= 0.3 is 0 Å². The largest absolute Gasteiger partial charge is 0.256 e. The smallest absolute Gasteiger partial charge is 0.235 e. The summed E-state index contributed by atoms with van der Waals surface area (Å²) in [5.74, 6) is 1.57. The zero-order valence-electron chi connectivity index (χ0n) is 25.3. The Labute approximate surface area is 228 Å². The van der Waals surface area contributed by atoms with Crippen molar-refractivity contribution >= 4 is 0 Å². The van der Waals surface area contributed by atoms with Crippen LogP contribution < -0.4 is 4.57 Å². The van der Waals surface area contributed by atoms with Crippen LogP contribution in [0.25, 0.3) is 0 Å². The van der Waals surface area contributed by atoms with E-state index in [2.05, 4.69) is 42.3 Å². The number of hydrogen-bond acceptors (Lipinski definition) is 0. The highest BCUT2D eigenvalue weighted by molar-refractivity contribution is 4.84. The molecule has 1 heterocycles. The number of rotatable bonds is 28. The van der Waals surface area contributed by atoms with Crippen LogP contribution in [0.2, 0.25) is 0 Å². The zero-order chi connectivity index (χ0) is 25.9. The number of nitrogens with zero attached hydrogens (tertiary/aromatic N) is 2. The molecule has 0 aromatic carbocycles. The quantitative estimate of drug-likeness (QED) is 0.0794. The van der Waals surface area contributed by atoms with Crippen LogP contribution in [0.4, 0.5) is 0 Å². The van der Waals surface area contributed by atoms with Crippen LogP contribution in [-0.2, 0) is 19.5 Å². The molecular weight excluding hydrogens is 436 g/mol. The molecule has 0 atom stereocenters. The van der Waals surface area contributed by atoms with Crippen molar-refractivity contribution in [3.8, 4) is 0 Å². The molecular formula is C34H67N2+. The van der Waals surface area contributed by atoms with Gasteiger partial charge in [0.25, 0.3) is 5.82 Å². The average molecular weight is 504 g/mol. The minimum Gasteiger partial charge on any atom is -0.235 e. The molecule has 0 fully saturated rings. The third kappa shape index (κ3) is 18.5. The molecule has 0 aliphatic rings. The Morgan fingerprint density at radius 2 is 0.833 bits per heavy atom. The van der Waals surface area contributed by atoms with E-state index in [0.29, 0.717) is 0 Å². The van der Waals surface area contributed by atoms with E-state index in [1.807, 2.05) is 0 Å². The summed E-state index contributed by atoms with van der Waals surface area (Å²) >= 11 is 0. The summed E-state index contributed by atoms with van der Waals surface area (Å²) in [5.41, 5.74) is 0. The fourth-order valence-corrected chi connectivity index (χ4v) is 5.70. The average Bonchev–Trinajstić information content (AvgIpc) is 3.29. The van der Waals surface area contributed by atoms with Crippen molar-refractivity contribution in [3.05, 3.63) is 18.2 Å². The second-order valence-corrected chi connectivity index (χ2v) is 11.6. The van der Waals surface area contributed by atoms with Crippen LogP contribution in [0.1, 0.15) is 187 Å². The molecule has 0 aliphatic carbocycles. The predicted octanol–water partition coefficient (Wildman–Crippen LogP) is 11.1. The first kappa shape index (κ1) is 33.2. The third-order valence-electron chi connectivity index (χ3n) is 8.19. The predicted molar refractivity (Wildman–Crippen MR) is 161 cm³/mol. The monoisotopic (exact) mass is 504 g/mol. The van der Waals surface area contributed by atoms with Gasteiger partial charge in [-0.3, -0.25) is 0 Å². The van der Waals surface area contributed by atoms with Gasteiger partial charge in [0.05, 0.1) is 13.1 Å². The first-order chi connectivity index (χ1) is 17.8. The maximum absolute atomic E-state index is 2.57. The van der Waals surface area contributed by atoms with Crippen molar-refractivity contribution in [1.29, 1.82) is 0 Å². The van der Waals surface area contributed by atoms with Gasteiger partial charge in [0.15, 0.2) is 0 Å². The first-order valence-electron chi connectivity index (χ1n) is 16.9. The van der Waals surface area contributed by atoms with Crippen LogP contribution in [0.5, 0.6) is 0 Å². The second-order valence-electron chi connectivity index (χ2n) is 11.6. The third-order valence-corrected chi connectivity index (χ3v) is 8.19. The molecule has 0 saturated carbocycles. The van der Waals surface area contributed by atoms with Gasteiger partial charge in [-0.2, -0.15) is 0 Å². The molecule has 0 amide bonds. The fraction of sp³-hybridized carbons (Fsp3) is 0.912. The molecule has 0 saturated heterocycles. The van der Waals surface area contributed by atoms with Crippen LogP contribution >= 0.6 is 0 Å². The zero-order valence-corrected chi connectivity index (χ0v) is 25.3. The van der Waals surface area contributed by atoms with Gasteiger partial charge < -0.3 is 0 Å². The minimum atomic E-state index is 1.11. The van der Waals surface area contributed by atoms with Crippen molar-refractivity contribution in [2.45, 2.75) is 201 Å². The van der Waals surface area contributed by atoms with E-state index in [0.717, 1.165) is 6.54 Å².